The van der Waals surface area contributed by atoms with Gasteiger partial charge in [-0.25, -0.2) is 0 Å². The molecule has 0 amide bonds. The Hall–Kier alpha value is -4.70. The molecule has 0 aliphatic carbocycles. The molecular weight excluding hydrogens is 424 g/mol. The van der Waals surface area contributed by atoms with Gasteiger partial charge >= 0.3 is 0 Å². The molecule has 0 spiro atoms. The van der Waals surface area contributed by atoms with Crippen LogP contribution in [-0.2, 0) is 0 Å². The zero-order chi connectivity index (χ0) is 23.3. The molecule has 0 heterocycles. The van der Waals surface area contributed by atoms with Crippen molar-refractivity contribution < 1.29 is 19.7 Å². The van der Waals surface area contributed by atoms with Crippen molar-refractivity contribution in [1.29, 1.82) is 0 Å². The molecule has 0 aromatic heterocycles. The zero-order valence-corrected chi connectivity index (χ0v) is 18.3. The molecule has 2 N–H and O–H groups in total. The van der Waals surface area contributed by atoms with E-state index in [4.69, 9.17) is 9.47 Å². The van der Waals surface area contributed by atoms with E-state index in [-0.39, 0.29) is 11.5 Å². The average Bonchev–Trinajstić information content (AvgIpc) is 2.88. The lowest BCUT2D eigenvalue weighted by Gasteiger charge is -2.09. The van der Waals surface area contributed by atoms with Crippen molar-refractivity contribution in [3.05, 3.63) is 121 Å². The van der Waals surface area contributed by atoms with E-state index in [2.05, 4.69) is 24.3 Å². The van der Waals surface area contributed by atoms with E-state index in [0.717, 1.165) is 33.8 Å². The minimum atomic E-state index is 0.213. The van der Waals surface area contributed by atoms with Gasteiger partial charge in [-0.15, -0.1) is 0 Å². The first-order valence-electron chi connectivity index (χ1n) is 10.9. The molecule has 4 heteroatoms. The van der Waals surface area contributed by atoms with Crippen LogP contribution in [0.3, 0.4) is 0 Å². The summed E-state index contributed by atoms with van der Waals surface area (Å²) in [6, 6.07) is 37.6. The summed E-state index contributed by atoms with van der Waals surface area (Å²) in [7, 11) is 0. The van der Waals surface area contributed by atoms with Crippen LogP contribution in [0.15, 0.2) is 121 Å². The largest absolute Gasteiger partial charge is 0.508 e. The van der Waals surface area contributed by atoms with Crippen LogP contribution in [-0.4, -0.2) is 10.2 Å². The molecular formula is C30H22O4. The van der Waals surface area contributed by atoms with Crippen LogP contribution in [0.1, 0.15) is 0 Å². The van der Waals surface area contributed by atoms with E-state index < -0.39 is 0 Å². The fourth-order valence-electron chi connectivity index (χ4n) is 3.59. The van der Waals surface area contributed by atoms with E-state index in [1.54, 1.807) is 48.5 Å². The molecule has 5 aromatic rings. The number of phenols is 2. The minimum Gasteiger partial charge on any atom is -0.508 e. The summed E-state index contributed by atoms with van der Waals surface area (Å²) in [4.78, 5) is 0. The second kappa shape index (κ2) is 9.43. The molecule has 0 radical (unpaired) electrons. The van der Waals surface area contributed by atoms with Crippen LogP contribution in [0.25, 0.3) is 22.3 Å². The summed E-state index contributed by atoms with van der Waals surface area (Å²) < 4.78 is 11.6. The number of rotatable bonds is 6. The molecule has 0 bridgehead atoms. The van der Waals surface area contributed by atoms with Crippen LogP contribution >= 0.6 is 0 Å². The lowest BCUT2D eigenvalue weighted by atomic mass is 10.0. The highest BCUT2D eigenvalue weighted by Crippen LogP contribution is 2.30. The summed E-state index contributed by atoms with van der Waals surface area (Å²) in [6.07, 6.45) is 0. The number of benzene rings is 5. The lowest BCUT2D eigenvalue weighted by molar-refractivity contribution is 0.464. The maximum atomic E-state index is 9.38. The zero-order valence-electron chi connectivity index (χ0n) is 18.3. The van der Waals surface area contributed by atoms with Gasteiger partial charge in [0.2, 0.25) is 0 Å². The van der Waals surface area contributed by atoms with E-state index in [9.17, 15) is 10.2 Å². The summed E-state index contributed by atoms with van der Waals surface area (Å²) >= 11 is 0. The molecule has 5 rings (SSSR count). The molecule has 34 heavy (non-hydrogen) atoms. The van der Waals surface area contributed by atoms with Crippen LogP contribution in [0.5, 0.6) is 34.5 Å². The number of hydrogen-bond acceptors (Lipinski definition) is 4. The fourth-order valence-corrected chi connectivity index (χ4v) is 3.59. The maximum absolute atomic E-state index is 9.38. The summed E-state index contributed by atoms with van der Waals surface area (Å²) in [5.41, 5.74) is 4.43. The van der Waals surface area contributed by atoms with Crippen molar-refractivity contribution in [2.75, 3.05) is 0 Å². The number of ether oxygens (including phenoxy) is 2. The highest BCUT2D eigenvalue weighted by molar-refractivity contribution is 5.71. The van der Waals surface area contributed by atoms with Gasteiger partial charge in [0.05, 0.1) is 0 Å². The normalized spacial score (nSPS) is 10.6. The lowest BCUT2D eigenvalue weighted by Crippen LogP contribution is -1.85. The molecule has 0 atom stereocenters. The van der Waals surface area contributed by atoms with Gasteiger partial charge < -0.3 is 19.7 Å². The van der Waals surface area contributed by atoms with Crippen molar-refractivity contribution in [1.82, 2.24) is 0 Å². The van der Waals surface area contributed by atoms with Crippen molar-refractivity contribution >= 4 is 0 Å². The third-order valence-electron chi connectivity index (χ3n) is 5.41. The molecule has 0 unspecified atom stereocenters. The van der Waals surface area contributed by atoms with E-state index in [1.165, 1.54) is 0 Å². The third kappa shape index (κ3) is 5.03. The molecule has 0 fully saturated rings. The molecule has 0 aliphatic rings. The Morgan fingerprint density at radius 2 is 0.500 bits per heavy atom. The van der Waals surface area contributed by atoms with Crippen molar-refractivity contribution in [3.63, 3.8) is 0 Å². The Balaban J connectivity index is 1.25. The summed E-state index contributed by atoms with van der Waals surface area (Å²) in [5.74, 6) is 3.25. The highest BCUT2D eigenvalue weighted by Gasteiger charge is 2.04. The van der Waals surface area contributed by atoms with Crippen LogP contribution < -0.4 is 9.47 Å². The van der Waals surface area contributed by atoms with E-state index in [1.807, 2.05) is 48.5 Å². The number of aromatic hydroxyl groups is 2. The molecule has 0 aliphatic heterocycles. The molecule has 0 saturated heterocycles. The highest BCUT2D eigenvalue weighted by atomic mass is 16.5. The van der Waals surface area contributed by atoms with Gasteiger partial charge in [-0.05, 0) is 95.1 Å². The average molecular weight is 447 g/mol. The van der Waals surface area contributed by atoms with Crippen molar-refractivity contribution in [2.45, 2.75) is 0 Å². The Bertz CT molecular complexity index is 1250. The topological polar surface area (TPSA) is 58.9 Å². The van der Waals surface area contributed by atoms with Crippen LogP contribution in [0, 0.1) is 0 Å². The van der Waals surface area contributed by atoms with Gasteiger partial charge in [-0.2, -0.15) is 0 Å². The first-order valence-corrected chi connectivity index (χ1v) is 10.9. The van der Waals surface area contributed by atoms with Gasteiger partial charge in [-0.1, -0.05) is 48.5 Å². The van der Waals surface area contributed by atoms with Crippen molar-refractivity contribution in [3.8, 4) is 56.8 Å². The van der Waals surface area contributed by atoms with Gasteiger partial charge in [0.15, 0.2) is 0 Å². The quantitative estimate of drug-likeness (QED) is 0.277. The fraction of sp³-hybridized carbons (Fsp3) is 0. The molecule has 166 valence electrons. The number of phenolic OH excluding ortho intramolecular Hbond substituents is 2. The van der Waals surface area contributed by atoms with Crippen LogP contribution in [0.4, 0.5) is 0 Å². The van der Waals surface area contributed by atoms with E-state index >= 15 is 0 Å². The molecule has 4 nitrogen and oxygen atoms in total. The monoisotopic (exact) mass is 446 g/mol. The van der Waals surface area contributed by atoms with Crippen LogP contribution in [0.2, 0.25) is 0 Å². The third-order valence-corrected chi connectivity index (χ3v) is 5.41. The first kappa shape index (κ1) is 21.2. The predicted molar refractivity (Wildman–Crippen MR) is 134 cm³/mol. The Kier molecular flexibility index (Phi) is 5.87. The maximum Gasteiger partial charge on any atom is 0.127 e. The van der Waals surface area contributed by atoms with Gasteiger partial charge in [0.1, 0.15) is 34.5 Å². The Labute approximate surface area is 197 Å². The standard InChI is InChI=1S/C30H22O4/c31-25-9-17-29(18-10-25)33-27-13-5-23(6-14-27)21-1-2-22(4-3-21)24-7-15-28(16-8-24)34-30-19-11-26(32)12-20-30/h1-20,31-32H. The van der Waals surface area contributed by atoms with Gasteiger partial charge in [-0.3, -0.25) is 0 Å². The van der Waals surface area contributed by atoms with Crippen molar-refractivity contribution in [2.24, 2.45) is 0 Å². The summed E-state index contributed by atoms with van der Waals surface area (Å²) in [6.45, 7) is 0. The second-order valence-electron chi connectivity index (χ2n) is 7.82. The molecule has 0 saturated carbocycles. The second-order valence-corrected chi connectivity index (χ2v) is 7.82. The van der Waals surface area contributed by atoms with Gasteiger partial charge in [0.25, 0.3) is 0 Å². The SMILES string of the molecule is Oc1ccc(Oc2ccc(-c3ccc(-c4ccc(Oc5ccc(O)cc5)cc4)cc3)cc2)cc1. The Morgan fingerprint density at radius 1 is 0.294 bits per heavy atom. The summed E-state index contributed by atoms with van der Waals surface area (Å²) in [5, 5.41) is 18.8. The first-order chi connectivity index (χ1) is 16.6. The smallest absolute Gasteiger partial charge is 0.127 e. The minimum absolute atomic E-state index is 0.213. The molecule has 5 aromatic carbocycles. The number of hydrogen-bond donors (Lipinski definition) is 2. The Morgan fingerprint density at radius 3 is 0.765 bits per heavy atom. The van der Waals surface area contributed by atoms with Gasteiger partial charge in [0, 0.05) is 0 Å². The predicted octanol–water partition coefficient (Wildman–Crippen LogP) is 8.02. The van der Waals surface area contributed by atoms with E-state index in [0.29, 0.717) is 11.5 Å².